The van der Waals surface area contributed by atoms with Crippen molar-refractivity contribution >= 4 is 22.8 Å². The minimum Gasteiger partial charge on any atom is -0.480 e. The van der Waals surface area contributed by atoms with Gasteiger partial charge >= 0.3 is 5.97 Å². The normalized spacial score (nSPS) is 19.1. The first-order chi connectivity index (χ1) is 16.6. The number of carbonyl (C=O) groups is 1. The summed E-state index contributed by atoms with van der Waals surface area (Å²) in [6, 6.07) is 9.32. The lowest BCUT2D eigenvalue weighted by atomic mass is 9.99. The summed E-state index contributed by atoms with van der Waals surface area (Å²) in [6.45, 7) is 4.99. The molecule has 7 nitrogen and oxygen atoms in total. The molecule has 2 aliphatic rings. The Morgan fingerprint density at radius 1 is 1.32 bits per heavy atom. The number of benzene rings is 1. The molecule has 5 rings (SSSR count). The molecule has 180 valence electrons. The van der Waals surface area contributed by atoms with E-state index in [1.165, 1.54) is 12.0 Å². The zero-order valence-corrected chi connectivity index (χ0v) is 19.8. The molecule has 1 aromatic carbocycles. The van der Waals surface area contributed by atoms with Gasteiger partial charge in [-0.15, -0.1) is 0 Å². The molecule has 4 heterocycles. The maximum Gasteiger partial charge on any atom is 0.325 e. The van der Waals surface area contributed by atoms with Crippen LogP contribution in [0.1, 0.15) is 54.1 Å². The summed E-state index contributed by atoms with van der Waals surface area (Å²) >= 11 is 0. The number of carboxylic acid groups (broad SMARTS) is 1. The average molecular weight is 464 g/mol. The van der Waals surface area contributed by atoms with Crippen LogP contribution in [0.4, 0.5) is 5.82 Å². The van der Waals surface area contributed by atoms with E-state index < -0.39 is 12.0 Å². The van der Waals surface area contributed by atoms with Gasteiger partial charge in [0, 0.05) is 37.3 Å². The number of aryl methyl sites for hydroxylation is 3. The summed E-state index contributed by atoms with van der Waals surface area (Å²) in [5.74, 6) is 0.223. The zero-order chi connectivity index (χ0) is 23.5. The number of nitrogens with one attached hydrogen (secondary N) is 1. The van der Waals surface area contributed by atoms with Crippen LogP contribution in [-0.4, -0.2) is 53.3 Å². The first-order valence-electron chi connectivity index (χ1n) is 12.4. The second kappa shape index (κ2) is 10.2. The Kier molecular flexibility index (Phi) is 6.83. The number of unbranched alkanes of at least 4 members (excludes halogenated alkanes) is 1. The molecule has 0 aliphatic carbocycles. The SMILES string of the molecule is Cc1coc2cccc([C@H](C(=O)O)N3CC[C@@H](OCCCCc4ccc5c(n4)NCCC5)C3)c12. The second-order valence-electron chi connectivity index (χ2n) is 9.45. The fourth-order valence-corrected chi connectivity index (χ4v) is 5.28. The van der Waals surface area contributed by atoms with Gasteiger partial charge in [-0.25, -0.2) is 4.98 Å². The van der Waals surface area contributed by atoms with E-state index in [1.54, 1.807) is 6.26 Å². The summed E-state index contributed by atoms with van der Waals surface area (Å²) in [5, 5.41) is 14.4. The number of nitrogens with zero attached hydrogens (tertiary/aromatic N) is 2. The molecule has 0 saturated carbocycles. The van der Waals surface area contributed by atoms with Crippen LogP contribution in [0, 0.1) is 6.92 Å². The quantitative estimate of drug-likeness (QED) is 0.444. The number of furan rings is 1. The summed E-state index contributed by atoms with van der Waals surface area (Å²) < 4.78 is 11.7. The number of aliphatic carboxylic acids is 1. The molecule has 3 aromatic rings. The number of rotatable bonds is 9. The van der Waals surface area contributed by atoms with E-state index in [0.29, 0.717) is 19.7 Å². The highest BCUT2D eigenvalue weighted by atomic mass is 16.5. The van der Waals surface area contributed by atoms with Crippen molar-refractivity contribution in [3.8, 4) is 0 Å². The molecule has 2 aliphatic heterocycles. The van der Waals surface area contributed by atoms with Gasteiger partial charge in [-0.1, -0.05) is 18.2 Å². The average Bonchev–Trinajstić information content (AvgIpc) is 3.46. The monoisotopic (exact) mass is 463 g/mol. The highest BCUT2D eigenvalue weighted by Gasteiger charge is 2.35. The van der Waals surface area contributed by atoms with Crippen LogP contribution in [0.3, 0.4) is 0 Å². The van der Waals surface area contributed by atoms with Crippen molar-refractivity contribution < 1.29 is 19.1 Å². The van der Waals surface area contributed by atoms with E-state index in [1.807, 2.05) is 30.0 Å². The molecule has 0 radical (unpaired) electrons. The first kappa shape index (κ1) is 22.9. The summed E-state index contributed by atoms with van der Waals surface area (Å²) in [6.07, 6.45) is 7.85. The zero-order valence-electron chi connectivity index (χ0n) is 19.8. The fraction of sp³-hybridized carbons (Fsp3) is 0.481. The Labute approximate surface area is 200 Å². The Morgan fingerprint density at radius 3 is 3.12 bits per heavy atom. The van der Waals surface area contributed by atoms with Gasteiger partial charge in [-0.05, 0) is 74.3 Å². The van der Waals surface area contributed by atoms with Crippen LogP contribution >= 0.6 is 0 Å². The smallest absolute Gasteiger partial charge is 0.325 e. The van der Waals surface area contributed by atoms with Crippen LogP contribution in [0.2, 0.25) is 0 Å². The third-order valence-corrected chi connectivity index (χ3v) is 7.02. The molecule has 1 saturated heterocycles. The van der Waals surface area contributed by atoms with Crippen LogP contribution < -0.4 is 5.32 Å². The number of ether oxygens (including phenoxy) is 1. The van der Waals surface area contributed by atoms with Crippen LogP contribution in [-0.2, 0) is 22.4 Å². The largest absolute Gasteiger partial charge is 0.480 e. The van der Waals surface area contributed by atoms with Gasteiger partial charge in [-0.3, -0.25) is 9.69 Å². The topological polar surface area (TPSA) is 87.8 Å². The lowest BCUT2D eigenvalue weighted by Crippen LogP contribution is -2.33. The molecule has 7 heteroatoms. The van der Waals surface area contributed by atoms with Crippen LogP contribution in [0.25, 0.3) is 11.0 Å². The number of fused-ring (bicyclic) bond motifs is 2. The Balaban J connectivity index is 1.12. The number of aromatic nitrogens is 1. The van der Waals surface area contributed by atoms with Crippen molar-refractivity contribution in [2.24, 2.45) is 0 Å². The number of likely N-dealkylation sites (tertiary alicyclic amines) is 1. The molecular formula is C27H33N3O4. The Morgan fingerprint density at radius 2 is 2.24 bits per heavy atom. The molecule has 0 spiro atoms. The molecule has 34 heavy (non-hydrogen) atoms. The standard InChI is InChI=1S/C27H33N3O4/c1-18-17-34-23-9-4-8-22(24(18)23)25(27(31)32)30-14-12-21(16-30)33-15-3-2-7-20-11-10-19-6-5-13-28-26(19)29-20/h4,8-11,17,21,25H,2-3,5-7,12-16H2,1H3,(H,28,29)(H,31,32)/t21-,25-/m1/s1. The molecule has 2 atom stereocenters. The minimum atomic E-state index is -0.833. The molecule has 0 bridgehead atoms. The Hall–Kier alpha value is -2.90. The molecule has 2 aromatic heterocycles. The molecule has 1 fully saturated rings. The second-order valence-corrected chi connectivity index (χ2v) is 9.45. The summed E-state index contributed by atoms with van der Waals surface area (Å²) in [7, 11) is 0. The van der Waals surface area contributed by atoms with Gasteiger partial charge < -0.3 is 19.6 Å². The van der Waals surface area contributed by atoms with Crippen molar-refractivity contribution in [2.45, 2.75) is 57.6 Å². The third kappa shape index (κ3) is 4.81. The van der Waals surface area contributed by atoms with E-state index in [-0.39, 0.29) is 6.10 Å². The predicted octanol–water partition coefficient (Wildman–Crippen LogP) is 4.73. The lowest BCUT2D eigenvalue weighted by molar-refractivity contribution is -0.143. The van der Waals surface area contributed by atoms with Crippen molar-refractivity contribution in [3.05, 3.63) is 59.0 Å². The first-order valence-corrected chi connectivity index (χ1v) is 12.4. The van der Waals surface area contributed by atoms with E-state index in [4.69, 9.17) is 14.1 Å². The fourth-order valence-electron chi connectivity index (χ4n) is 5.28. The number of carboxylic acids is 1. The summed E-state index contributed by atoms with van der Waals surface area (Å²) in [4.78, 5) is 19.1. The Bertz CT molecular complexity index is 1160. The van der Waals surface area contributed by atoms with E-state index >= 15 is 0 Å². The maximum atomic E-state index is 12.3. The number of hydrogen-bond acceptors (Lipinski definition) is 6. The van der Waals surface area contributed by atoms with Gasteiger partial charge in [0.25, 0.3) is 0 Å². The van der Waals surface area contributed by atoms with Crippen molar-refractivity contribution in [2.75, 3.05) is 31.6 Å². The van der Waals surface area contributed by atoms with E-state index in [9.17, 15) is 9.90 Å². The molecule has 0 unspecified atom stereocenters. The summed E-state index contributed by atoms with van der Waals surface area (Å²) in [5.41, 5.74) is 4.95. The van der Waals surface area contributed by atoms with Crippen molar-refractivity contribution in [3.63, 3.8) is 0 Å². The van der Waals surface area contributed by atoms with Crippen molar-refractivity contribution in [1.29, 1.82) is 0 Å². The maximum absolute atomic E-state index is 12.3. The molecule has 2 N–H and O–H groups in total. The van der Waals surface area contributed by atoms with Crippen LogP contribution in [0.5, 0.6) is 0 Å². The van der Waals surface area contributed by atoms with Gasteiger partial charge in [0.05, 0.1) is 12.4 Å². The lowest BCUT2D eigenvalue weighted by Gasteiger charge is -2.25. The predicted molar refractivity (Wildman–Crippen MR) is 131 cm³/mol. The number of pyridine rings is 1. The van der Waals surface area contributed by atoms with Crippen LogP contribution in [0.15, 0.2) is 41.0 Å². The molecular weight excluding hydrogens is 430 g/mol. The van der Waals surface area contributed by atoms with E-state index in [2.05, 4.69) is 17.4 Å². The van der Waals surface area contributed by atoms with Gasteiger partial charge in [0.2, 0.25) is 0 Å². The molecule has 0 amide bonds. The van der Waals surface area contributed by atoms with Gasteiger partial charge in [0.15, 0.2) is 0 Å². The third-order valence-electron chi connectivity index (χ3n) is 7.02. The van der Waals surface area contributed by atoms with Crippen molar-refractivity contribution in [1.82, 2.24) is 9.88 Å². The number of hydrogen-bond donors (Lipinski definition) is 2. The highest BCUT2D eigenvalue weighted by Crippen LogP contribution is 2.34. The van der Waals surface area contributed by atoms with Gasteiger partial charge in [0.1, 0.15) is 17.4 Å². The number of anilines is 1. The van der Waals surface area contributed by atoms with E-state index in [0.717, 1.165) is 72.3 Å². The minimum absolute atomic E-state index is 0.0672. The van der Waals surface area contributed by atoms with Gasteiger partial charge in [-0.2, -0.15) is 0 Å². The highest BCUT2D eigenvalue weighted by molar-refractivity contribution is 5.90.